The summed E-state index contributed by atoms with van der Waals surface area (Å²) in [7, 11) is 0. The van der Waals surface area contributed by atoms with Gasteiger partial charge in [-0.1, -0.05) is 6.07 Å². The number of aryl methyl sites for hydroxylation is 2. The molecule has 1 heterocycles. The Bertz CT molecular complexity index is 459. The average Bonchev–Trinajstić information content (AvgIpc) is 2.51. The average molecular weight is 308 g/mol. The third-order valence-corrected chi connectivity index (χ3v) is 4.27. The maximum absolute atomic E-state index is 10.1. The van der Waals surface area contributed by atoms with Crippen molar-refractivity contribution in [2.45, 2.75) is 20.0 Å². The van der Waals surface area contributed by atoms with Crippen molar-refractivity contribution in [1.29, 1.82) is 0 Å². The van der Waals surface area contributed by atoms with E-state index >= 15 is 0 Å². The van der Waals surface area contributed by atoms with Crippen LogP contribution in [0.2, 0.25) is 0 Å². The van der Waals surface area contributed by atoms with Crippen LogP contribution >= 0.6 is 0 Å². The highest BCUT2D eigenvalue weighted by atomic mass is 16.5. The van der Waals surface area contributed by atoms with Gasteiger partial charge in [-0.2, -0.15) is 0 Å². The zero-order chi connectivity index (χ0) is 15.9. The van der Waals surface area contributed by atoms with Crippen molar-refractivity contribution in [2.24, 2.45) is 0 Å². The maximum atomic E-state index is 10.1. The minimum absolute atomic E-state index is 0.215. The molecule has 5 nitrogen and oxygen atoms in total. The maximum Gasteiger partial charge on any atom is 0.119 e. The van der Waals surface area contributed by atoms with Crippen molar-refractivity contribution < 1.29 is 14.9 Å². The Kier molecular flexibility index (Phi) is 6.64. The molecule has 0 aliphatic carbocycles. The number of benzene rings is 1. The van der Waals surface area contributed by atoms with E-state index in [9.17, 15) is 5.11 Å². The van der Waals surface area contributed by atoms with Crippen molar-refractivity contribution in [3.8, 4) is 5.75 Å². The summed E-state index contributed by atoms with van der Waals surface area (Å²) < 4.78 is 5.68. The molecule has 1 aromatic rings. The van der Waals surface area contributed by atoms with Crippen molar-refractivity contribution in [3.63, 3.8) is 0 Å². The summed E-state index contributed by atoms with van der Waals surface area (Å²) in [6.07, 6.45) is -0.481. The molecule has 2 N–H and O–H groups in total. The van der Waals surface area contributed by atoms with Gasteiger partial charge >= 0.3 is 0 Å². The largest absolute Gasteiger partial charge is 0.491 e. The second-order valence-corrected chi connectivity index (χ2v) is 6.08. The number of nitrogens with zero attached hydrogens (tertiary/aromatic N) is 2. The molecule has 22 heavy (non-hydrogen) atoms. The number of hydrogen-bond acceptors (Lipinski definition) is 5. The van der Waals surface area contributed by atoms with E-state index in [1.807, 2.05) is 18.2 Å². The van der Waals surface area contributed by atoms with Gasteiger partial charge in [-0.25, -0.2) is 0 Å². The fraction of sp³-hybridized carbons (Fsp3) is 0.647. The van der Waals surface area contributed by atoms with Crippen LogP contribution in [0, 0.1) is 13.8 Å². The second-order valence-electron chi connectivity index (χ2n) is 6.08. The lowest BCUT2D eigenvalue weighted by Gasteiger charge is -2.35. The number of piperazine rings is 1. The van der Waals surface area contributed by atoms with Crippen molar-refractivity contribution in [2.75, 3.05) is 52.5 Å². The lowest BCUT2D eigenvalue weighted by molar-refractivity contribution is 0.0428. The molecule has 5 heteroatoms. The Morgan fingerprint density at radius 1 is 1.09 bits per heavy atom. The van der Waals surface area contributed by atoms with E-state index in [0.717, 1.165) is 38.5 Å². The van der Waals surface area contributed by atoms with Gasteiger partial charge in [0.05, 0.1) is 6.61 Å². The number of rotatable bonds is 7. The molecular weight excluding hydrogens is 280 g/mol. The SMILES string of the molecule is Cc1ccc(OC[C@@H](O)CN2CCN(CCO)CC2)cc1C. The molecular formula is C17H28N2O3. The molecule has 0 unspecified atom stereocenters. The summed E-state index contributed by atoms with van der Waals surface area (Å²) in [5.41, 5.74) is 2.45. The summed E-state index contributed by atoms with van der Waals surface area (Å²) in [4.78, 5) is 4.50. The van der Waals surface area contributed by atoms with Gasteiger partial charge in [-0.05, 0) is 37.1 Å². The van der Waals surface area contributed by atoms with Gasteiger partial charge < -0.3 is 14.9 Å². The first kappa shape index (κ1) is 17.2. The highest BCUT2D eigenvalue weighted by molar-refractivity contribution is 5.33. The van der Waals surface area contributed by atoms with E-state index in [0.29, 0.717) is 13.2 Å². The molecule has 124 valence electrons. The molecule has 1 aromatic carbocycles. The predicted octanol–water partition coefficient (Wildman–Crippen LogP) is 0.653. The molecule has 0 saturated carbocycles. The first-order valence-electron chi connectivity index (χ1n) is 8.02. The van der Waals surface area contributed by atoms with Crippen molar-refractivity contribution in [3.05, 3.63) is 29.3 Å². The third kappa shape index (κ3) is 5.25. The minimum Gasteiger partial charge on any atom is -0.491 e. The lowest BCUT2D eigenvalue weighted by Crippen LogP contribution is -2.49. The normalized spacial score (nSPS) is 18.4. The molecule has 1 atom stereocenters. The van der Waals surface area contributed by atoms with Gasteiger partial charge in [0.15, 0.2) is 0 Å². The van der Waals surface area contributed by atoms with Crippen LogP contribution in [0.25, 0.3) is 0 Å². The molecule has 2 rings (SSSR count). The summed E-state index contributed by atoms with van der Waals surface area (Å²) in [5, 5.41) is 19.1. The van der Waals surface area contributed by atoms with Crippen molar-refractivity contribution >= 4 is 0 Å². The number of ether oxygens (including phenoxy) is 1. The van der Waals surface area contributed by atoms with E-state index in [4.69, 9.17) is 9.84 Å². The second kappa shape index (κ2) is 8.48. The predicted molar refractivity (Wildman–Crippen MR) is 87.4 cm³/mol. The first-order valence-corrected chi connectivity index (χ1v) is 8.02. The van der Waals surface area contributed by atoms with E-state index in [1.165, 1.54) is 11.1 Å². The highest BCUT2D eigenvalue weighted by Crippen LogP contribution is 2.16. The Balaban J connectivity index is 1.69. The van der Waals surface area contributed by atoms with Gasteiger partial charge in [0.2, 0.25) is 0 Å². The van der Waals surface area contributed by atoms with Gasteiger partial charge in [-0.15, -0.1) is 0 Å². The summed E-state index contributed by atoms with van der Waals surface area (Å²) in [5.74, 6) is 0.815. The van der Waals surface area contributed by atoms with Crippen LogP contribution in [-0.4, -0.2) is 78.6 Å². The van der Waals surface area contributed by atoms with Crippen LogP contribution < -0.4 is 4.74 Å². The number of β-amino-alcohol motifs (C(OH)–C–C–N with tert-alkyl or cyclic N) is 2. The number of aliphatic hydroxyl groups is 2. The standard InChI is InChI=1S/C17H28N2O3/c1-14-3-4-17(11-15(14)2)22-13-16(21)12-19-7-5-18(6-8-19)9-10-20/h3-4,11,16,20-21H,5-10,12-13H2,1-2H3/t16-/m0/s1. The van der Waals surface area contributed by atoms with Gasteiger partial charge in [0.25, 0.3) is 0 Å². The molecule has 0 aromatic heterocycles. The zero-order valence-corrected chi connectivity index (χ0v) is 13.7. The van der Waals surface area contributed by atoms with Gasteiger partial charge in [0, 0.05) is 39.3 Å². The molecule has 0 amide bonds. The monoisotopic (exact) mass is 308 g/mol. The molecule has 1 saturated heterocycles. The van der Waals surface area contributed by atoms with E-state index in [1.54, 1.807) is 0 Å². The molecule has 1 aliphatic rings. The fourth-order valence-electron chi connectivity index (χ4n) is 2.68. The smallest absolute Gasteiger partial charge is 0.119 e. The lowest BCUT2D eigenvalue weighted by atomic mass is 10.1. The number of aliphatic hydroxyl groups excluding tert-OH is 2. The quantitative estimate of drug-likeness (QED) is 0.775. The highest BCUT2D eigenvalue weighted by Gasteiger charge is 2.19. The van der Waals surface area contributed by atoms with Gasteiger partial charge in [0.1, 0.15) is 18.5 Å². The zero-order valence-electron chi connectivity index (χ0n) is 13.7. The van der Waals surface area contributed by atoms with Gasteiger partial charge in [-0.3, -0.25) is 9.80 Å². The van der Waals surface area contributed by atoms with Crippen LogP contribution in [0.15, 0.2) is 18.2 Å². The van der Waals surface area contributed by atoms with E-state index < -0.39 is 6.10 Å². The summed E-state index contributed by atoms with van der Waals surface area (Å²) >= 11 is 0. The van der Waals surface area contributed by atoms with Crippen LogP contribution in [0.3, 0.4) is 0 Å². The van der Waals surface area contributed by atoms with Crippen LogP contribution in [0.1, 0.15) is 11.1 Å². The third-order valence-electron chi connectivity index (χ3n) is 4.27. The molecule has 0 radical (unpaired) electrons. The topological polar surface area (TPSA) is 56.2 Å². The minimum atomic E-state index is -0.481. The summed E-state index contributed by atoms with van der Waals surface area (Å²) in [6.45, 7) is 9.81. The molecule has 0 spiro atoms. The van der Waals surface area contributed by atoms with E-state index in [2.05, 4.69) is 23.6 Å². The Morgan fingerprint density at radius 3 is 2.41 bits per heavy atom. The Morgan fingerprint density at radius 2 is 1.77 bits per heavy atom. The van der Waals surface area contributed by atoms with Crippen LogP contribution in [0.4, 0.5) is 0 Å². The Labute approximate surface area is 133 Å². The van der Waals surface area contributed by atoms with Crippen LogP contribution in [0.5, 0.6) is 5.75 Å². The molecule has 0 bridgehead atoms. The molecule has 1 fully saturated rings. The fourth-order valence-corrected chi connectivity index (χ4v) is 2.68. The number of hydrogen-bond donors (Lipinski definition) is 2. The van der Waals surface area contributed by atoms with Crippen molar-refractivity contribution in [1.82, 2.24) is 9.80 Å². The first-order chi connectivity index (χ1) is 10.6. The Hall–Kier alpha value is -1.14. The van der Waals surface area contributed by atoms with Crippen LogP contribution in [-0.2, 0) is 0 Å². The molecule has 1 aliphatic heterocycles. The van der Waals surface area contributed by atoms with E-state index in [-0.39, 0.29) is 6.61 Å². The summed E-state index contributed by atoms with van der Waals surface area (Å²) in [6, 6.07) is 6.00.